The zero-order valence-corrected chi connectivity index (χ0v) is 16.0. The Hall–Kier alpha value is -2.74. The summed E-state index contributed by atoms with van der Waals surface area (Å²) in [5, 5.41) is 13.3. The second kappa shape index (κ2) is 8.10. The van der Waals surface area contributed by atoms with Crippen molar-refractivity contribution in [3.8, 4) is 0 Å². The molecule has 2 fully saturated rings. The lowest BCUT2D eigenvalue weighted by molar-refractivity contribution is -0.119. The van der Waals surface area contributed by atoms with Crippen LogP contribution in [0.4, 0.5) is 11.4 Å². The van der Waals surface area contributed by atoms with Crippen molar-refractivity contribution in [2.75, 3.05) is 10.6 Å². The van der Waals surface area contributed by atoms with Crippen LogP contribution in [0, 0.1) is 5.92 Å². The number of fused-ring (bicyclic) bond motifs is 1. The van der Waals surface area contributed by atoms with E-state index in [4.69, 9.17) is 0 Å². The predicted octanol–water partition coefficient (Wildman–Crippen LogP) is 2.34. The minimum Gasteiger partial charge on any atom is -0.325 e. The number of carbonyl (C=O) groups excluding carboxylic acids is 2. The first-order valence-corrected chi connectivity index (χ1v) is 9.92. The van der Waals surface area contributed by atoms with Crippen LogP contribution in [-0.2, 0) is 9.59 Å². The number of hydrogen-bond donors (Lipinski definition) is 3. The molecule has 0 bridgehead atoms. The van der Waals surface area contributed by atoms with Crippen molar-refractivity contribution < 1.29 is 9.59 Å². The first kappa shape index (κ1) is 18.6. The van der Waals surface area contributed by atoms with E-state index in [-0.39, 0.29) is 17.9 Å². The first-order chi connectivity index (χ1) is 13.6. The molecule has 4 unspecified atom stereocenters. The van der Waals surface area contributed by atoms with Crippen LogP contribution in [0.5, 0.6) is 0 Å². The van der Waals surface area contributed by atoms with Crippen molar-refractivity contribution >= 4 is 23.2 Å². The fourth-order valence-electron chi connectivity index (χ4n) is 4.17. The Morgan fingerprint density at radius 2 is 1.86 bits per heavy atom. The van der Waals surface area contributed by atoms with Gasteiger partial charge in [-0.1, -0.05) is 12.8 Å². The SMILES string of the molecule is CC(C(=O)Nc1ccc(NC(=O)C2CC3CCCCC3N2)cc1)n1cncn1. The van der Waals surface area contributed by atoms with Crippen molar-refractivity contribution in [2.45, 2.75) is 57.2 Å². The predicted molar refractivity (Wildman–Crippen MR) is 106 cm³/mol. The van der Waals surface area contributed by atoms with Crippen LogP contribution >= 0.6 is 0 Å². The Kier molecular flexibility index (Phi) is 5.38. The summed E-state index contributed by atoms with van der Waals surface area (Å²) in [6, 6.07) is 7.09. The minimum absolute atomic E-state index is 0.0194. The van der Waals surface area contributed by atoms with E-state index in [0.29, 0.717) is 17.6 Å². The maximum atomic E-state index is 12.6. The smallest absolute Gasteiger partial charge is 0.249 e. The van der Waals surface area contributed by atoms with Gasteiger partial charge in [0.05, 0.1) is 6.04 Å². The van der Waals surface area contributed by atoms with Crippen molar-refractivity contribution in [3.05, 3.63) is 36.9 Å². The van der Waals surface area contributed by atoms with E-state index < -0.39 is 6.04 Å². The lowest BCUT2D eigenvalue weighted by Crippen LogP contribution is -2.39. The molecule has 2 heterocycles. The van der Waals surface area contributed by atoms with Gasteiger partial charge in [0.2, 0.25) is 11.8 Å². The molecule has 8 heteroatoms. The standard InChI is InChI=1S/C20H26N6O2/c1-13(26-12-21-11-22-26)19(27)23-15-6-8-16(9-7-15)24-20(28)18-10-14-4-2-3-5-17(14)25-18/h6-9,11-14,17-18,25H,2-5,10H2,1H3,(H,23,27)(H,24,28). The number of hydrogen-bond acceptors (Lipinski definition) is 5. The van der Waals surface area contributed by atoms with Gasteiger partial charge in [-0.25, -0.2) is 9.67 Å². The Morgan fingerprint density at radius 1 is 1.14 bits per heavy atom. The van der Waals surface area contributed by atoms with Gasteiger partial charge >= 0.3 is 0 Å². The number of carbonyl (C=O) groups is 2. The highest BCUT2D eigenvalue weighted by molar-refractivity contribution is 5.96. The van der Waals surface area contributed by atoms with Gasteiger partial charge in [-0.05, 0) is 56.4 Å². The quantitative estimate of drug-likeness (QED) is 0.737. The monoisotopic (exact) mass is 382 g/mol. The Labute approximate surface area is 164 Å². The highest BCUT2D eigenvalue weighted by Gasteiger charge is 2.38. The molecule has 4 rings (SSSR count). The normalized spacial score (nSPS) is 25.0. The Morgan fingerprint density at radius 3 is 2.54 bits per heavy atom. The molecule has 3 N–H and O–H groups in total. The molecule has 1 aromatic heterocycles. The van der Waals surface area contributed by atoms with Crippen molar-refractivity contribution in [1.82, 2.24) is 20.1 Å². The summed E-state index contributed by atoms with van der Waals surface area (Å²) in [5.74, 6) is 0.472. The van der Waals surface area contributed by atoms with Crippen LogP contribution in [-0.4, -0.2) is 38.7 Å². The summed E-state index contributed by atoms with van der Waals surface area (Å²) in [7, 11) is 0. The number of nitrogens with zero attached hydrogens (tertiary/aromatic N) is 3. The molecular weight excluding hydrogens is 356 g/mol. The van der Waals surface area contributed by atoms with E-state index in [9.17, 15) is 9.59 Å². The van der Waals surface area contributed by atoms with Crippen LogP contribution in [0.25, 0.3) is 0 Å². The maximum absolute atomic E-state index is 12.6. The fourth-order valence-corrected chi connectivity index (χ4v) is 4.17. The number of nitrogens with one attached hydrogen (secondary N) is 3. The van der Waals surface area contributed by atoms with Crippen LogP contribution in [0.2, 0.25) is 0 Å². The third-order valence-electron chi connectivity index (χ3n) is 5.81. The first-order valence-electron chi connectivity index (χ1n) is 9.92. The van der Waals surface area contributed by atoms with Crippen LogP contribution in [0.15, 0.2) is 36.9 Å². The van der Waals surface area contributed by atoms with Crippen LogP contribution < -0.4 is 16.0 Å². The molecule has 1 saturated carbocycles. The molecule has 2 aliphatic rings. The van der Waals surface area contributed by atoms with E-state index in [1.54, 1.807) is 31.2 Å². The molecule has 1 aliphatic heterocycles. The number of anilines is 2. The van der Waals surface area contributed by atoms with Gasteiger partial charge in [0.25, 0.3) is 0 Å². The highest BCUT2D eigenvalue weighted by Crippen LogP contribution is 2.33. The highest BCUT2D eigenvalue weighted by atomic mass is 16.2. The molecule has 8 nitrogen and oxygen atoms in total. The average Bonchev–Trinajstić information content (AvgIpc) is 3.38. The minimum atomic E-state index is -0.459. The summed E-state index contributed by atoms with van der Waals surface area (Å²) in [4.78, 5) is 28.7. The summed E-state index contributed by atoms with van der Waals surface area (Å²) in [6.07, 6.45) is 8.76. The lowest BCUT2D eigenvalue weighted by atomic mass is 9.85. The number of benzene rings is 1. The number of amides is 2. The molecule has 4 atom stereocenters. The molecule has 28 heavy (non-hydrogen) atoms. The van der Waals surface area contributed by atoms with Crippen LogP contribution in [0.3, 0.4) is 0 Å². The summed E-state index contributed by atoms with van der Waals surface area (Å²) >= 11 is 0. The van der Waals surface area contributed by atoms with E-state index in [2.05, 4.69) is 26.0 Å². The lowest BCUT2D eigenvalue weighted by Gasteiger charge is -2.24. The molecule has 148 valence electrons. The molecule has 2 aromatic rings. The topological polar surface area (TPSA) is 101 Å². The molecule has 1 aromatic carbocycles. The molecule has 0 radical (unpaired) electrons. The largest absolute Gasteiger partial charge is 0.325 e. The van der Waals surface area contributed by atoms with E-state index in [0.717, 1.165) is 12.1 Å². The number of rotatable bonds is 5. The van der Waals surface area contributed by atoms with Gasteiger partial charge in [-0.15, -0.1) is 0 Å². The molecular formula is C20H26N6O2. The zero-order chi connectivity index (χ0) is 19.5. The summed E-state index contributed by atoms with van der Waals surface area (Å²) in [6.45, 7) is 1.75. The number of aromatic nitrogens is 3. The zero-order valence-electron chi connectivity index (χ0n) is 16.0. The van der Waals surface area contributed by atoms with E-state index in [1.165, 1.54) is 43.0 Å². The summed E-state index contributed by atoms with van der Waals surface area (Å²) in [5.41, 5.74) is 1.39. The Bertz CT molecular complexity index is 806. The molecule has 1 saturated heterocycles. The van der Waals surface area contributed by atoms with Gasteiger partial charge in [0.1, 0.15) is 18.7 Å². The van der Waals surface area contributed by atoms with E-state index >= 15 is 0 Å². The molecule has 2 amide bonds. The van der Waals surface area contributed by atoms with Crippen molar-refractivity contribution in [2.24, 2.45) is 5.92 Å². The van der Waals surface area contributed by atoms with Gasteiger partial charge in [-0.2, -0.15) is 5.10 Å². The van der Waals surface area contributed by atoms with Gasteiger partial charge in [0, 0.05) is 17.4 Å². The fraction of sp³-hybridized carbons (Fsp3) is 0.500. The molecule has 1 aliphatic carbocycles. The van der Waals surface area contributed by atoms with Crippen molar-refractivity contribution in [3.63, 3.8) is 0 Å². The van der Waals surface area contributed by atoms with Crippen LogP contribution in [0.1, 0.15) is 45.1 Å². The third kappa shape index (κ3) is 4.06. The van der Waals surface area contributed by atoms with Gasteiger partial charge in [-0.3, -0.25) is 9.59 Å². The average molecular weight is 382 g/mol. The van der Waals surface area contributed by atoms with Gasteiger partial charge < -0.3 is 16.0 Å². The van der Waals surface area contributed by atoms with Gasteiger partial charge in [0.15, 0.2) is 0 Å². The Balaban J connectivity index is 1.31. The van der Waals surface area contributed by atoms with E-state index in [1.807, 2.05) is 0 Å². The third-order valence-corrected chi connectivity index (χ3v) is 5.81. The molecule has 0 spiro atoms. The summed E-state index contributed by atoms with van der Waals surface area (Å²) < 4.78 is 1.50. The second-order valence-electron chi connectivity index (χ2n) is 7.71. The maximum Gasteiger partial charge on any atom is 0.249 e. The van der Waals surface area contributed by atoms with Crippen molar-refractivity contribution in [1.29, 1.82) is 0 Å². The second-order valence-corrected chi connectivity index (χ2v) is 7.71.